The Hall–Kier alpha value is -3.60. The van der Waals surface area contributed by atoms with Crippen LogP contribution in [0.15, 0.2) is 78.9 Å². The van der Waals surface area contributed by atoms with Gasteiger partial charge in [0.25, 0.3) is 0 Å². The number of rotatable bonds is 2. The van der Waals surface area contributed by atoms with Crippen molar-refractivity contribution in [3.8, 4) is 17.1 Å². The van der Waals surface area contributed by atoms with Crippen LogP contribution in [0.5, 0.6) is 0 Å². The Morgan fingerprint density at radius 2 is 1.24 bits per heavy atom. The molecule has 0 amide bonds. The van der Waals surface area contributed by atoms with E-state index < -0.39 is 0 Å². The lowest BCUT2D eigenvalue weighted by atomic mass is 10.1. The van der Waals surface area contributed by atoms with Crippen molar-refractivity contribution in [3.05, 3.63) is 78.9 Å². The first-order valence-corrected chi connectivity index (χ1v) is 8.03. The van der Waals surface area contributed by atoms with Gasteiger partial charge in [-0.2, -0.15) is 4.68 Å². The molecule has 0 unspecified atom stereocenters. The van der Waals surface area contributed by atoms with Crippen molar-refractivity contribution in [2.75, 3.05) is 0 Å². The van der Waals surface area contributed by atoms with Crippen molar-refractivity contribution in [1.29, 1.82) is 0 Å². The van der Waals surface area contributed by atoms with Gasteiger partial charge in [-0.1, -0.05) is 66.7 Å². The smallest absolute Gasteiger partial charge is 0.187 e. The van der Waals surface area contributed by atoms with Crippen molar-refractivity contribution >= 4 is 21.8 Å². The van der Waals surface area contributed by atoms with E-state index in [0.29, 0.717) is 5.82 Å². The molecule has 3 aromatic carbocycles. The summed E-state index contributed by atoms with van der Waals surface area (Å²) in [6.45, 7) is 0. The molecule has 2 heterocycles. The first kappa shape index (κ1) is 13.8. The van der Waals surface area contributed by atoms with Crippen molar-refractivity contribution in [2.45, 2.75) is 0 Å². The Morgan fingerprint density at radius 1 is 0.640 bits per heavy atom. The summed E-state index contributed by atoms with van der Waals surface area (Å²) in [4.78, 5) is 4.77. The molecule has 0 aliphatic rings. The lowest BCUT2D eigenvalue weighted by Crippen LogP contribution is -2.03. The molecular formula is C20H13N5. The number of nitrogens with zero attached hydrogens (tertiary/aromatic N) is 5. The fourth-order valence-corrected chi connectivity index (χ4v) is 3.15. The molecule has 0 atom stereocenters. The van der Waals surface area contributed by atoms with Crippen molar-refractivity contribution in [3.63, 3.8) is 0 Å². The number of aromatic nitrogens is 5. The molecule has 0 N–H and O–H groups in total. The van der Waals surface area contributed by atoms with Gasteiger partial charge < -0.3 is 0 Å². The second kappa shape index (κ2) is 5.49. The summed E-state index contributed by atoms with van der Waals surface area (Å²) in [5.41, 5.74) is 3.76. The topological polar surface area (TPSA) is 56.5 Å². The average molecular weight is 323 g/mol. The summed E-state index contributed by atoms with van der Waals surface area (Å²) in [6.07, 6.45) is 0. The summed E-state index contributed by atoms with van der Waals surface area (Å²) < 4.78 is 1.81. The van der Waals surface area contributed by atoms with Crippen LogP contribution in [0.4, 0.5) is 0 Å². The van der Waals surface area contributed by atoms with Gasteiger partial charge in [-0.15, -0.1) is 5.10 Å². The molecule has 5 aromatic rings. The fraction of sp³-hybridized carbons (Fsp3) is 0. The van der Waals surface area contributed by atoms with E-state index in [2.05, 4.69) is 27.7 Å². The number of fused-ring (bicyclic) bond motifs is 2. The fourth-order valence-electron chi connectivity index (χ4n) is 3.15. The second-order valence-corrected chi connectivity index (χ2v) is 5.78. The Balaban J connectivity index is 1.91. The van der Waals surface area contributed by atoms with Crippen molar-refractivity contribution in [1.82, 2.24) is 25.2 Å². The molecule has 0 aliphatic heterocycles. The molecule has 5 rings (SSSR count). The van der Waals surface area contributed by atoms with E-state index in [1.807, 2.05) is 71.4 Å². The van der Waals surface area contributed by atoms with E-state index in [0.717, 1.165) is 33.1 Å². The number of hydrogen-bond donors (Lipinski definition) is 0. The van der Waals surface area contributed by atoms with Crippen LogP contribution in [0.1, 0.15) is 0 Å². The largest absolute Gasteiger partial charge is 0.248 e. The summed E-state index contributed by atoms with van der Waals surface area (Å²) in [5, 5.41) is 14.5. The van der Waals surface area contributed by atoms with Gasteiger partial charge in [-0.05, 0) is 22.6 Å². The SMILES string of the molecule is c1ccc(-c2nnnn2-c2c3ccccc3nc3ccccc23)cc1. The summed E-state index contributed by atoms with van der Waals surface area (Å²) >= 11 is 0. The molecular weight excluding hydrogens is 310 g/mol. The van der Waals surface area contributed by atoms with Crippen molar-refractivity contribution < 1.29 is 0 Å². The molecule has 0 fully saturated rings. The molecule has 2 aromatic heterocycles. The first-order chi connectivity index (χ1) is 12.4. The van der Waals surface area contributed by atoms with Crippen LogP contribution in [0.2, 0.25) is 0 Å². The van der Waals surface area contributed by atoms with Gasteiger partial charge in [0.2, 0.25) is 0 Å². The number of tetrazole rings is 1. The molecule has 0 saturated heterocycles. The maximum absolute atomic E-state index is 4.77. The van der Waals surface area contributed by atoms with Crippen LogP contribution in [-0.2, 0) is 0 Å². The van der Waals surface area contributed by atoms with E-state index in [1.54, 1.807) is 0 Å². The van der Waals surface area contributed by atoms with Gasteiger partial charge in [0, 0.05) is 16.3 Å². The normalized spacial score (nSPS) is 11.2. The molecule has 5 nitrogen and oxygen atoms in total. The highest BCUT2D eigenvalue weighted by Gasteiger charge is 2.16. The van der Waals surface area contributed by atoms with Gasteiger partial charge in [-0.25, -0.2) is 4.98 Å². The number of pyridine rings is 1. The highest BCUT2D eigenvalue weighted by molar-refractivity contribution is 6.03. The molecule has 0 saturated carbocycles. The van der Waals surface area contributed by atoms with E-state index >= 15 is 0 Å². The van der Waals surface area contributed by atoms with E-state index in [-0.39, 0.29) is 0 Å². The molecule has 0 aliphatic carbocycles. The highest BCUT2D eigenvalue weighted by atomic mass is 15.5. The summed E-state index contributed by atoms with van der Waals surface area (Å²) in [6, 6.07) is 26.1. The predicted octanol–water partition coefficient (Wildman–Crippen LogP) is 4.03. The van der Waals surface area contributed by atoms with Crippen LogP contribution in [0.25, 0.3) is 38.9 Å². The molecule has 5 heteroatoms. The minimum atomic E-state index is 0.710. The minimum absolute atomic E-state index is 0.710. The van der Waals surface area contributed by atoms with Gasteiger partial charge in [0.05, 0.1) is 16.7 Å². The molecule has 0 spiro atoms. The molecule has 0 bridgehead atoms. The lowest BCUT2D eigenvalue weighted by Gasteiger charge is -2.12. The highest BCUT2D eigenvalue weighted by Crippen LogP contribution is 2.31. The van der Waals surface area contributed by atoms with Crippen LogP contribution in [0, 0.1) is 0 Å². The first-order valence-electron chi connectivity index (χ1n) is 8.03. The summed E-state index contributed by atoms with van der Waals surface area (Å²) in [7, 11) is 0. The zero-order chi connectivity index (χ0) is 16.6. The Kier molecular flexibility index (Phi) is 3.03. The van der Waals surface area contributed by atoms with E-state index in [9.17, 15) is 0 Å². The Morgan fingerprint density at radius 3 is 1.92 bits per heavy atom. The van der Waals surface area contributed by atoms with E-state index in [1.165, 1.54) is 0 Å². The van der Waals surface area contributed by atoms with Crippen LogP contribution >= 0.6 is 0 Å². The number of para-hydroxylation sites is 2. The second-order valence-electron chi connectivity index (χ2n) is 5.78. The monoisotopic (exact) mass is 323 g/mol. The average Bonchev–Trinajstić information content (AvgIpc) is 3.16. The quantitative estimate of drug-likeness (QED) is 0.460. The van der Waals surface area contributed by atoms with Crippen LogP contribution in [-0.4, -0.2) is 25.2 Å². The maximum atomic E-state index is 4.77. The van der Waals surface area contributed by atoms with Gasteiger partial charge >= 0.3 is 0 Å². The third-order valence-electron chi connectivity index (χ3n) is 4.27. The number of hydrogen-bond acceptors (Lipinski definition) is 4. The molecule has 25 heavy (non-hydrogen) atoms. The lowest BCUT2D eigenvalue weighted by molar-refractivity contribution is 0.798. The van der Waals surface area contributed by atoms with Crippen LogP contribution in [0.3, 0.4) is 0 Å². The van der Waals surface area contributed by atoms with Crippen LogP contribution < -0.4 is 0 Å². The minimum Gasteiger partial charge on any atom is -0.248 e. The molecule has 0 radical (unpaired) electrons. The number of benzene rings is 3. The van der Waals surface area contributed by atoms with E-state index in [4.69, 9.17) is 4.98 Å². The standard InChI is InChI=1S/C20H13N5/c1-2-8-14(9-3-1)20-22-23-24-25(20)19-15-10-4-6-12-17(15)21-18-13-7-5-11-16(18)19/h1-13H. The Bertz CT molecular complexity index is 1140. The summed E-state index contributed by atoms with van der Waals surface area (Å²) in [5.74, 6) is 0.710. The van der Waals surface area contributed by atoms with Crippen molar-refractivity contribution in [2.24, 2.45) is 0 Å². The Labute approximate surface area is 143 Å². The zero-order valence-corrected chi connectivity index (χ0v) is 13.2. The van der Waals surface area contributed by atoms with Gasteiger partial charge in [-0.3, -0.25) is 0 Å². The zero-order valence-electron chi connectivity index (χ0n) is 13.2. The third-order valence-corrected chi connectivity index (χ3v) is 4.27. The maximum Gasteiger partial charge on any atom is 0.187 e. The van der Waals surface area contributed by atoms with Gasteiger partial charge in [0.1, 0.15) is 0 Å². The predicted molar refractivity (Wildman–Crippen MR) is 97.4 cm³/mol. The third kappa shape index (κ3) is 2.17. The molecule has 118 valence electrons. The van der Waals surface area contributed by atoms with Gasteiger partial charge in [0.15, 0.2) is 5.82 Å².